The number of amides is 1. The molecule has 11 heteroatoms. The number of carbonyl (C=O) groups is 1. The molecule has 1 amide bonds. The lowest BCUT2D eigenvalue weighted by Crippen LogP contribution is -2.86. The monoisotopic (exact) mass is 517 g/mol. The lowest BCUT2D eigenvalue weighted by Gasteiger charge is -2.21. The number of quaternary nitrogens is 1. The predicted octanol–water partition coefficient (Wildman–Crippen LogP) is 3.37. The molecule has 1 saturated heterocycles. The number of hydrogen-bond acceptors (Lipinski definition) is 6. The van der Waals surface area contributed by atoms with Crippen molar-refractivity contribution < 1.29 is 14.8 Å². The zero-order chi connectivity index (χ0) is 25.5. The highest BCUT2D eigenvalue weighted by Gasteiger charge is 2.25. The first-order valence-electron chi connectivity index (χ1n) is 12.1. The van der Waals surface area contributed by atoms with Gasteiger partial charge in [-0.05, 0) is 36.4 Å². The number of H-pyrrole nitrogens is 1. The predicted molar refractivity (Wildman–Crippen MR) is 143 cm³/mol. The van der Waals surface area contributed by atoms with E-state index in [1.165, 1.54) is 6.33 Å². The Bertz CT molecular complexity index is 1640. The van der Waals surface area contributed by atoms with Gasteiger partial charge in [-0.15, -0.1) is 0 Å². The molecule has 5 aromatic rings. The number of nitrogen functional groups attached to an aromatic ring is 1. The van der Waals surface area contributed by atoms with Gasteiger partial charge in [0.15, 0.2) is 5.65 Å². The Labute approximate surface area is 217 Å². The quantitative estimate of drug-likeness (QED) is 0.282. The SMILES string of the molecule is COc1cc(-c2nn(C3CC[NH2+]CC3)c3ncnc(N)c23)ccc1NC(=O)c1cc2cc(Cl)ccc2[nH]1. The van der Waals surface area contributed by atoms with E-state index >= 15 is 0 Å². The highest BCUT2D eigenvalue weighted by molar-refractivity contribution is 6.31. The van der Waals surface area contributed by atoms with Crippen LogP contribution < -0.4 is 21.1 Å². The number of nitrogens with two attached hydrogens (primary N) is 2. The van der Waals surface area contributed by atoms with Crippen LogP contribution in [0, 0.1) is 0 Å². The lowest BCUT2D eigenvalue weighted by molar-refractivity contribution is -0.664. The lowest BCUT2D eigenvalue weighted by atomic mass is 10.1. The van der Waals surface area contributed by atoms with Crippen molar-refractivity contribution in [3.63, 3.8) is 0 Å². The second-order valence-corrected chi connectivity index (χ2v) is 9.57. The van der Waals surface area contributed by atoms with Crippen LogP contribution in [-0.4, -0.2) is 50.8 Å². The molecule has 1 aliphatic rings. The Morgan fingerprint density at radius 2 is 2.03 bits per heavy atom. The van der Waals surface area contributed by atoms with Crippen molar-refractivity contribution in [2.24, 2.45) is 0 Å². The highest BCUT2D eigenvalue weighted by Crippen LogP contribution is 2.37. The Morgan fingerprint density at radius 3 is 2.84 bits per heavy atom. The van der Waals surface area contributed by atoms with Crippen molar-refractivity contribution in [1.29, 1.82) is 0 Å². The zero-order valence-electron chi connectivity index (χ0n) is 20.2. The fourth-order valence-corrected chi connectivity index (χ4v) is 5.14. The van der Waals surface area contributed by atoms with Crippen molar-refractivity contribution in [3.05, 3.63) is 59.5 Å². The maximum Gasteiger partial charge on any atom is 0.272 e. The van der Waals surface area contributed by atoms with Crippen LogP contribution in [0.5, 0.6) is 5.75 Å². The molecule has 10 nitrogen and oxygen atoms in total. The minimum Gasteiger partial charge on any atom is -0.495 e. The van der Waals surface area contributed by atoms with Crippen LogP contribution in [0.2, 0.25) is 5.02 Å². The molecule has 1 fully saturated rings. The molecule has 4 heterocycles. The number of aromatic amines is 1. The number of anilines is 2. The number of benzene rings is 2. The molecular formula is C26H26ClN8O2+. The van der Waals surface area contributed by atoms with Gasteiger partial charge >= 0.3 is 0 Å². The summed E-state index contributed by atoms with van der Waals surface area (Å²) in [6.07, 6.45) is 3.49. The molecular weight excluding hydrogens is 492 g/mol. The van der Waals surface area contributed by atoms with Crippen LogP contribution in [-0.2, 0) is 0 Å². The Hall–Kier alpha value is -4.15. The van der Waals surface area contributed by atoms with Crippen LogP contribution in [0.15, 0.2) is 48.8 Å². The third kappa shape index (κ3) is 4.24. The molecule has 0 saturated carbocycles. The van der Waals surface area contributed by atoms with Gasteiger partial charge in [0.25, 0.3) is 5.91 Å². The molecule has 2 aromatic carbocycles. The van der Waals surface area contributed by atoms with Gasteiger partial charge in [-0.1, -0.05) is 17.7 Å². The molecule has 0 bridgehead atoms. The average molecular weight is 518 g/mol. The zero-order valence-corrected chi connectivity index (χ0v) is 20.9. The standard InChI is InChI=1S/C26H25ClN8O2/c1-37-21-12-14(2-4-19(21)33-26(36)20-11-15-10-16(27)3-5-18(15)32-20)23-22-24(28)30-13-31-25(22)35(34-23)17-6-8-29-9-7-17/h2-5,10-13,17,29,32H,6-9H2,1H3,(H,33,36)(H2,28,30,31)/p+1. The number of nitrogens with one attached hydrogen (secondary N) is 2. The van der Waals surface area contributed by atoms with E-state index in [9.17, 15) is 4.79 Å². The van der Waals surface area contributed by atoms with Crippen molar-refractivity contribution in [3.8, 4) is 17.0 Å². The maximum absolute atomic E-state index is 13.0. The van der Waals surface area contributed by atoms with Gasteiger partial charge in [-0.2, -0.15) is 5.10 Å². The summed E-state index contributed by atoms with van der Waals surface area (Å²) in [7, 11) is 1.56. The largest absolute Gasteiger partial charge is 0.495 e. The van der Waals surface area contributed by atoms with Crippen LogP contribution in [0.3, 0.4) is 0 Å². The van der Waals surface area contributed by atoms with Crippen LogP contribution >= 0.6 is 11.6 Å². The normalized spacial score (nSPS) is 14.3. The summed E-state index contributed by atoms with van der Waals surface area (Å²) in [5.41, 5.74) is 10.3. The third-order valence-electron chi connectivity index (χ3n) is 6.82. The second-order valence-electron chi connectivity index (χ2n) is 9.13. The summed E-state index contributed by atoms with van der Waals surface area (Å²) in [6.45, 7) is 2.10. The number of aromatic nitrogens is 5. The van der Waals surface area contributed by atoms with Crippen molar-refractivity contribution in [1.82, 2.24) is 24.7 Å². The first-order chi connectivity index (χ1) is 18.0. The fourth-order valence-electron chi connectivity index (χ4n) is 4.96. The first-order valence-corrected chi connectivity index (χ1v) is 12.5. The minimum atomic E-state index is -0.292. The van der Waals surface area contributed by atoms with E-state index in [1.807, 2.05) is 28.9 Å². The smallest absolute Gasteiger partial charge is 0.272 e. The van der Waals surface area contributed by atoms with E-state index in [-0.39, 0.29) is 11.9 Å². The van der Waals surface area contributed by atoms with Gasteiger partial charge < -0.3 is 26.1 Å². The van der Waals surface area contributed by atoms with Gasteiger partial charge in [0.05, 0.1) is 37.3 Å². The summed E-state index contributed by atoms with van der Waals surface area (Å²) in [6, 6.07) is 13.0. The van der Waals surface area contributed by atoms with E-state index in [4.69, 9.17) is 27.2 Å². The van der Waals surface area contributed by atoms with Gasteiger partial charge in [-0.25, -0.2) is 14.6 Å². The van der Waals surface area contributed by atoms with E-state index in [0.717, 1.165) is 48.0 Å². The topological polar surface area (TPSA) is 140 Å². The molecule has 0 spiro atoms. The summed E-state index contributed by atoms with van der Waals surface area (Å²) in [5.74, 6) is 0.583. The number of hydrogen-bond donors (Lipinski definition) is 4. The Kier molecular flexibility index (Phi) is 5.90. The van der Waals surface area contributed by atoms with Gasteiger partial charge in [0.1, 0.15) is 29.3 Å². The third-order valence-corrected chi connectivity index (χ3v) is 7.06. The number of ether oxygens (including phenoxy) is 1. The molecule has 6 N–H and O–H groups in total. The second kappa shape index (κ2) is 9.38. The van der Waals surface area contributed by atoms with Gasteiger partial charge in [0.2, 0.25) is 0 Å². The minimum absolute atomic E-state index is 0.252. The highest BCUT2D eigenvalue weighted by atomic mass is 35.5. The molecule has 3 aromatic heterocycles. The number of rotatable bonds is 5. The van der Waals surface area contributed by atoms with Crippen molar-refractivity contribution >= 4 is 50.9 Å². The summed E-state index contributed by atoms with van der Waals surface area (Å²) in [4.78, 5) is 24.9. The molecule has 188 valence electrons. The van der Waals surface area contributed by atoms with Gasteiger partial charge in [-0.3, -0.25) is 4.79 Å². The molecule has 1 aliphatic heterocycles. The number of piperidine rings is 1. The van der Waals surface area contributed by atoms with E-state index in [1.54, 1.807) is 25.3 Å². The van der Waals surface area contributed by atoms with E-state index in [2.05, 4.69) is 25.6 Å². The number of carbonyl (C=O) groups excluding carboxylic acids is 1. The van der Waals surface area contributed by atoms with Crippen LogP contribution in [0.1, 0.15) is 29.4 Å². The number of fused-ring (bicyclic) bond motifs is 2. The van der Waals surface area contributed by atoms with Crippen molar-refractivity contribution in [2.75, 3.05) is 31.2 Å². The first kappa shape index (κ1) is 23.3. The average Bonchev–Trinajstić information content (AvgIpc) is 3.52. The maximum atomic E-state index is 13.0. The number of nitrogens with zero attached hydrogens (tertiary/aromatic N) is 4. The Morgan fingerprint density at radius 1 is 1.19 bits per heavy atom. The van der Waals surface area contributed by atoms with Gasteiger partial charge in [0, 0.05) is 34.3 Å². The molecule has 6 rings (SSSR count). The molecule has 0 unspecified atom stereocenters. The van der Waals surface area contributed by atoms with E-state index < -0.39 is 0 Å². The number of methoxy groups -OCH3 is 1. The molecule has 37 heavy (non-hydrogen) atoms. The Balaban J connectivity index is 1.35. The fraction of sp³-hybridized carbons (Fsp3) is 0.231. The summed E-state index contributed by atoms with van der Waals surface area (Å²) in [5, 5.41) is 12.4. The summed E-state index contributed by atoms with van der Waals surface area (Å²) >= 11 is 6.08. The molecule has 0 atom stereocenters. The molecule has 0 radical (unpaired) electrons. The van der Waals surface area contributed by atoms with Crippen LogP contribution in [0.25, 0.3) is 33.2 Å². The number of halogens is 1. The van der Waals surface area contributed by atoms with E-state index in [0.29, 0.717) is 39.1 Å². The van der Waals surface area contributed by atoms with Crippen molar-refractivity contribution in [2.45, 2.75) is 18.9 Å². The molecule has 0 aliphatic carbocycles. The summed E-state index contributed by atoms with van der Waals surface area (Å²) < 4.78 is 7.63. The van der Waals surface area contributed by atoms with Crippen LogP contribution in [0.4, 0.5) is 11.5 Å².